The number of hydrogen-bond acceptors (Lipinski definition) is 5. The van der Waals surface area contributed by atoms with Gasteiger partial charge in [-0.25, -0.2) is 0 Å². The lowest BCUT2D eigenvalue weighted by Crippen LogP contribution is -2.57. The van der Waals surface area contributed by atoms with Crippen LogP contribution in [0.15, 0.2) is 11.3 Å². The van der Waals surface area contributed by atoms with Crippen LogP contribution in [0.3, 0.4) is 0 Å². The van der Waals surface area contributed by atoms with E-state index in [1.807, 2.05) is 16.4 Å². The van der Waals surface area contributed by atoms with Gasteiger partial charge >= 0.3 is 0 Å². The Balaban J connectivity index is 0.00000280. The molecule has 0 bridgehead atoms. The van der Waals surface area contributed by atoms with E-state index in [2.05, 4.69) is 37.2 Å². The van der Waals surface area contributed by atoms with Crippen LogP contribution in [0.4, 0.5) is 0 Å². The molecule has 0 spiro atoms. The summed E-state index contributed by atoms with van der Waals surface area (Å²) < 4.78 is 2.02. The molecule has 3 rings (SSSR count). The number of hydrogen-bond donors (Lipinski definition) is 1. The van der Waals surface area contributed by atoms with E-state index >= 15 is 0 Å². The molecular weight excluding hydrogens is 471 g/mol. The summed E-state index contributed by atoms with van der Waals surface area (Å²) in [6.45, 7) is 10.9. The fourth-order valence-corrected chi connectivity index (χ4v) is 3.85. The molecule has 0 radical (unpaired) electrons. The van der Waals surface area contributed by atoms with Gasteiger partial charge in [0.05, 0.1) is 12.6 Å². The summed E-state index contributed by atoms with van der Waals surface area (Å²) in [5.41, 5.74) is 0. The van der Waals surface area contributed by atoms with Gasteiger partial charge in [0.15, 0.2) is 11.8 Å². The van der Waals surface area contributed by atoms with Crippen LogP contribution in [0, 0.1) is 0 Å². The number of piperazine rings is 1. The van der Waals surface area contributed by atoms with Gasteiger partial charge in [0, 0.05) is 52.9 Å². The van der Waals surface area contributed by atoms with Gasteiger partial charge in [0.2, 0.25) is 5.91 Å². The number of likely N-dealkylation sites (tertiary alicyclic amines) is 1. The predicted octanol–water partition coefficient (Wildman–Crippen LogP) is 0.620. The first-order chi connectivity index (χ1) is 13.1. The lowest BCUT2D eigenvalue weighted by atomic mass is 10.2. The molecular formula is C18H33IN8O. The monoisotopic (exact) mass is 504 g/mol. The number of aromatic nitrogens is 3. The molecule has 28 heavy (non-hydrogen) atoms. The normalized spacial score (nSPS) is 19.5. The molecule has 3 heterocycles. The molecule has 2 fully saturated rings. The molecule has 2 aliphatic rings. The minimum Gasteiger partial charge on any atom is -0.349 e. The van der Waals surface area contributed by atoms with Gasteiger partial charge in [0.1, 0.15) is 6.33 Å². The largest absolute Gasteiger partial charge is 0.349 e. The van der Waals surface area contributed by atoms with Crippen LogP contribution in [0.2, 0.25) is 0 Å². The fraction of sp³-hybridized carbons (Fsp3) is 0.778. The van der Waals surface area contributed by atoms with Crippen LogP contribution < -0.4 is 5.32 Å². The summed E-state index contributed by atoms with van der Waals surface area (Å²) in [6.07, 6.45) is 4.03. The van der Waals surface area contributed by atoms with Gasteiger partial charge in [-0.2, -0.15) is 0 Å². The van der Waals surface area contributed by atoms with Crippen molar-refractivity contribution in [1.29, 1.82) is 0 Å². The number of aryl methyl sites for hydroxylation is 1. The van der Waals surface area contributed by atoms with E-state index in [1.165, 1.54) is 0 Å². The third kappa shape index (κ3) is 5.34. The van der Waals surface area contributed by atoms with Crippen molar-refractivity contribution in [2.75, 3.05) is 46.3 Å². The average molecular weight is 504 g/mol. The zero-order valence-corrected chi connectivity index (χ0v) is 19.5. The van der Waals surface area contributed by atoms with Crippen molar-refractivity contribution in [2.45, 2.75) is 45.8 Å². The van der Waals surface area contributed by atoms with E-state index in [1.54, 1.807) is 13.4 Å². The second-order valence-electron chi connectivity index (χ2n) is 7.17. The van der Waals surface area contributed by atoms with Gasteiger partial charge in [-0.05, 0) is 26.7 Å². The molecule has 1 unspecified atom stereocenters. The maximum absolute atomic E-state index is 12.6. The maximum Gasteiger partial charge on any atom is 0.239 e. The van der Waals surface area contributed by atoms with Crippen LogP contribution >= 0.6 is 24.0 Å². The second-order valence-corrected chi connectivity index (χ2v) is 7.17. The Morgan fingerprint density at radius 3 is 2.46 bits per heavy atom. The SMILES string of the molecule is CCn1cnnc1CNC(=NC)N1CCN(C(C)C(=O)N2CCCC2)CC1.I. The Morgan fingerprint density at radius 1 is 1.18 bits per heavy atom. The molecule has 1 amide bonds. The molecule has 2 saturated heterocycles. The van der Waals surface area contributed by atoms with Gasteiger partial charge in [0.25, 0.3) is 0 Å². The van der Waals surface area contributed by atoms with Gasteiger partial charge in [-0.15, -0.1) is 34.2 Å². The standard InChI is InChI=1S/C18H32N8O.HI/c1-4-23-14-21-22-16(23)13-20-18(19-3)26-11-9-24(10-12-26)15(2)17(27)25-7-5-6-8-25;/h14-15H,4-13H2,1-3H3,(H,19,20);1H. The molecule has 158 valence electrons. The first-order valence-electron chi connectivity index (χ1n) is 9.99. The first kappa shape index (κ1) is 22.9. The number of guanidine groups is 1. The van der Waals surface area contributed by atoms with Crippen LogP contribution in [0.5, 0.6) is 0 Å². The van der Waals surface area contributed by atoms with Gasteiger partial charge in [-0.1, -0.05) is 0 Å². The lowest BCUT2D eigenvalue weighted by Gasteiger charge is -2.39. The van der Waals surface area contributed by atoms with Crippen molar-refractivity contribution in [3.05, 3.63) is 12.2 Å². The van der Waals surface area contributed by atoms with Crippen LogP contribution in [0.1, 0.15) is 32.5 Å². The summed E-state index contributed by atoms with van der Waals surface area (Å²) in [4.78, 5) is 23.6. The highest BCUT2D eigenvalue weighted by molar-refractivity contribution is 14.0. The molecule has 10 heteroatoms. The van der Waals surface area contributed by atoms with E-state index in [0.717, 1.165) is 70.4 Å². The van der Waals surface area contributed by atoms with Crippen molar-refractivity contribution < 1.29 is 4.79 Å². The maximum atomic E-state index is 12.6. The smallest absolute Gasteiger partial charge is 0.239 e. The number of carbonyl (C=O) groups excluding carboxylic acids is 1. The number of halogens is 1. The lowest BCUT2D eigenvalue weighted by molar-refractivity contribution is -0.135. The molecule has 0 aliphatic carbocycles. The van der Waals surface area contributed by atoms with E-state index in [4.69, 9.17) is 0 Å². The van der Waals surface area contributed by atoms with E-state index in [0.29, 0.717) is 6.54 Å². The summed E-state index contributed by atoms with van der Waals surface area (Å²) in [5.74, 6) is 2.06. The number of nitrogens with one attached hydrogen (secondary N) is 1. The molecule has 0 saturated carbocycles. The topological polar surface area (TPSA) is 81.9 Å². The van der Waals surface area contributed by atoms with E-state index in [-0.39, 0.29) is 35.9 Å². The average Bonchev–Trinajstić information content (AvgIpc) is 3.39. The molecule has 0 aromatic carbocycles. The van der Waals surface area contributed by atoms with Gasteiger partial charge < -0.3 is 19.7 Å². The molecule has 1 aromatic rings. The highest BCUT2D eigenvalue weighted by atomic mass is 127. The van der Waals surface area contributed by atoms with Crippen molar-refractivity contribution in [2.24, 2.45) is 4.99 Å². The number of rotatable bonds is 5. The molecule has 1 N–H and O–H groups in total. The minimum atomic E-state index is -0.0386. The van der Waals surface area contributed by atoms with E-state index in [9.17, 15) is 4.79 Å². The van der Waals surface area contributed by atoms with Gasteiger partial charge in [-0.3, -0.25) is 14.7 Å². The predicted molar refractivity (Wildman–Crippen MR) is 120 cm³/mol. The van der Waals surface area contributed by atoms with Crippen molar-refractivity contribution in [1.82, 2.24) is 34.8 Å². The minimum absolute atomic E-state index is 0. The van der Waals surface area contributed by atoms with Crippen molar-refractivity contribution >= 4 is 35.8 Å². The molecule has 1 aromatic heterocycles. The zero-order valence-electron chi connectivity index (χ0n) is 17.2. The highest BCUT2D eigenvalue weighted by Crippen LogP contribution is 2.14. The molecule has 2 aliphatic heterocycles. The Morgan fingerprint density at radius 2 is 1.86 bits per heavy atom. The summed E-state index contributed by atoms with van der Waals surface area (Å²) in [7, 11) is 1.80. The Bertz CT molecular complexity index is 650. The van der Waals surface area contributed by atoms with Crippen LogP contribution in [0.25, 0.3) is 0 Å². The molecule has 9 nitrogen and oxygen atoms in total. The zero-order chi connectivity index (χ0) is 19.2. The Labute approximate surface area is 184 Å². The fourth-order valence-electron chi connectivity index (χ4n) is 3.85. The number of aliphatic imine (C=N–C) groups is 1. The third-order valence-corrected chi connectivity index (χ3v) is 5.59. The van der Waals surface area contributed by atoms with Crippen LogP contribution in [-0.2, 0) is 17.9 Å². The quantitative estimate of drug-likeness (QED) is 0.360. The van der Waals surface area contributed by atoms with Crippen LogP contribution in [-0.4, -0.2) is 93.7 Å². The van der Waals surface area contributed by atoms with Crippen molar-refractivity contribution in [3.8, 4) is 0 Å². The second kappa shape index (κ2) is 10.9. The Kier molecular flexibility index (Phi) is 8.93. The number of nitrogens with zero attached hydrogens (tertiary/aromatic N) is 7. The third-order valence-electron chi connectivity index (χ3n) is 5.59. The summed E-state index contributed by atoms with van der Waals surface area (Å²) in [5, 5.41) is 11.5. The highest BCUT2D eigenvalue weighted by Gasteiger charge is 2.30. The summed E-state index contributed by atoms with van der Waals surface area (Å²) >= 11 is 0. The number of carbonyl (C=O) groups is 1. The first-order valence-corrected chi connectivity index (χ1v) is 9.99. The number of amides is 1. The molecule has 1 atom stereocenters. The Hall–Kier alpha value is -1.43. The van der Waals surface area contributed by atoms with E-state index < -0.39 is 0 Å². The summed E-state index contributed by atoms with van der Waals surface area (Å²) in [6, 6.07) is -0.0386. The van der Waals surface area contributed by atoms with Crippen molar-refractivity contribution in [3.63, 3.8) is 0 Å².